The zero-order valence-electron chi connectivity index (χ0n) is 16.1. The van der Waals surface area contributed by atoms with Gasteiger partial charge in [-0.05, 0) is 70.9 Å². The molecule has 150 valence electrons. The van der Waals surface area contributed by atoms with Gasteiger partial charge in [0.25, 0.3) is 0 Å². The van der Waals surface area contributed by atoms with Crippen molar-refractivity contribution in [3.8, 4) is 11.5 Å². The quantitative estimate of drug-likeness (QED) is 0.433. The van der Waals surface area contributed by atoms with Crippen LogP contribution in [-0.4, -0.2) is 46.3 Å². The van der Waals surface area contributed by atoms with E-state index in [0.29, 0.717) is 23.7 Å². The number of allylic oxidation sites excluding steroid dienone is 1. The highest BCUT2D eigenvalue weighted by atomic mass is 79.9. The lowest BCUT2D eigenvalue weighted by molar-refractivity contribution is 0.104. The van der Waals surface area contributed by atoms with Gasteiger partial charge in [-0.15, -0.1) is 0 Å². The molecule has 0 aliphatic carbocycles. The molecule has 0 saturated heterocycles. The summed E-state index contributed by atoms with van der Waals surface area (Å²) >= 11 is 3.45. The fraction of sp³-hybridized carbons (Fsp3) is 0.250. The van der Waals surface area contributed by atoms with E-state index in [-0.39, 0.29) is 10.7 Å². The third-order valence-corrected chi connectivity index (χ3v) is 6.30. The molecule has 2 aromatic carbocycles. The van der Waals surface area contributed by atoms with Crippen LogP contribution in [0.5, 0.6) is 11.5 Å². The number of ether oxygens (including phenoxy) is 2. The number of carbonyl (C=O) groups is 1. The Kier molecular flexibility index (Phi) is 7.40. The van der Waals surface area contributed by atoms with Gasteiger partial charge in [0.2, 0.25) is 10.0 Å². The van der Waals surface area contributed by atoms with Crippen LogP contribution in [0, 0.1) is 0 Å². The standard InChI is InChI=1S/C20H22BrNO5S/c1-5-27-20-17(21)12-14(13-19(20)26-4)6-11-18(23)15-7-9-16(10-8-15)28(24,25)22(2)3/h6-13H,5H2,1-4H3/b11-6+. The van der Waals surface area contributed by atoms with Crippen molar-refractivity contribution in [2.75, 3.05) is 27.8 Å². The van der Waals surface area contributed by atoms with Gasteiger partial charge in [-0.2, -0.15) is 0 Å². The second kappa shape index (κ2) is 9.36. The Labute approximate surface area is 173 Å². The van der Waals surface area contributed by atoms with E-state index in [2.05, 4.69) is 15.9 Å². The molecule has 0 heterocycles. The molecule has 0 saturated carbocycles. The number of nitrogens with zero attached hydrogens (tertiary/aromatic N) is 1. The van der Waals surface area contributed by atoms with Crippen molar-refractivity contribution in [3.63, 3.8) is 0 Å². The number of rotatable bonds is 8. The topological polar surface area (TPSA) is 72.9 Å². The highest BCUT2D eigenvalue weighted by Gasteiger charge is 2.17. The first kappa shape index (κ1) is 22.1. The third-order valence-electron chi connectivity index (χ3n) is 3.89. The van der Waals surface area contributed by atoms with Crippen molar-refractivity contribution in [1.29, 1.82) is 0 Å². The van der Waals surface area contributed by atoms with Crippen molar-refractivity contribution in [3.05, 3.63) is 58.1 Å². The van der Waals surface area contributed by atoms with E-state index in [4.69, 9.17) is 9.47 Å². The summed E-state index contributed by atoms with van der Waals surface area (Å²) in [6.07, 6.45) is 3.09. The molecular weight excluding hydrogens is 446 g/mol. The van der Waals surface area contributed by atoms with Gasteiger partial charge in [0.15, 0.2) is 17.3 Å². The molecule has 0 spiro atoms. The zero-order chi connectivity index (χ0) is 20.9. The number of benzene rings is 2. The molecular formula is C20H22BrNO5S. The second-order valence-corrected chi connectivity index (χ2v) is 8.98. The lowest BCUT2D eigenvalue weighted by atomic mass is 10.1. The molecule has 0 N–H and O–H groups in total. The Bertz CT molecular complexity index is 982. The van der Waals surface area contributed by atoms with Crippen molar-refractivity contribution in [1.82, 2.24) is 4.31 Å². The number of hydrogen-bond acceptors (Lipinski definition) is 5. The first-order chi connectivity index (χ1) is 13.2. The molecule has 0 fully saturated rings. The number of methoxy groups -OCH3 is 1. The number of halogens is 1. The Morgan fingerprint density at radius 1 is 1.18 bits per heavy atom. The summed E-state index contributed by atoms with van der Waals surface area (Å²) in [4.78, 5) is 12.5. The minimum absolute atomic E-state index is 0.137. The highest BCUT2D eigenvalue weighted by molar-refractivity contribution is 9.10. The number of sulfonamides is 1. The van der Waals surface area contributed by atoms with E-state index >= 15 is 0 Å². The number of carbonyl (C=O) groups excluding carboxylic acids is 1. The highest BCUT2D eigenvalue weighted by Crippen LogP contribution is 2.37. The zero-order valence-corrected chi connectivity index (χ0v) is 18.5. The molecule has 0 aliphatic heterocycles. The lowest BCUT2D eigenvalue weighted by Gasteiger charge is -2.12. The molecule has 0 atom stereocenters. The number of hydrogen-bond donors (Lipinski definition) is 0. The molecule has 0 unspecified atom stereocenters. The first-order valence-corrected chi connectivity index (χ1v) is 10.7. The Hall–Kier alpha value is -2.16. The first-order valence-electron chi connectivity index (χ1n) is 8.46. The van der Waals surface area contributed by atoms with Crippen LogP contribution in [0.15, 0.2) is 51.8 Å². The molecule has 0 aromatic heterocycles. The predicted molar refractivity (Wildman–Crippen MR) is 113 cm³/mol. The van der Waals surface area contributed by atoms with E-state index in [1.165, 1.54) is 44.4 Å². The minimum Gasteiger partial charge on any atom is -0.493 e. The second-order valence-electron chi connectivity index (χ2n) is 5.98. The maximum absolute atomic E-state index is 12.4. The van der Waals surface area contributed by atoms with Crippen molar-refractivity contribution < 1.29 is 22.7 Å². The fourth-order valence-corrected chi connectivity index (χ4v) is 3.87. The molecule has 8 heteroatoms. The number of ketones is 1. The Balaban J connectivity index is 2.23. The van der Waals surface area contributed by atoms with Gasteiger partial charge in [-0.3, -0.25) is 4.79 Å². The van der Waals surface area contributed by atoms with Crippen LogP contribution in [0.4, 0.5) is 0 Å². The van der Waals surface area contributed by atoms with E-state index in [9.17, 15) is 13.2 Å². The Morgan fingerprint density at radius 3 is 2.36 bits per heavy atom. The van der Waals surface area contributed by atoms with Gasteiger partial charge < -0.3 is 9.47 Å². The monoisotopic (exact) mass is 467 g/mol. The molecule has 2 aromatic rings. The van der Waals surface area contributed by atoms with Gasteiger partial charge in [-0.1, -0.05) is 6.08 Å². The average Bonchev–Trinajstić information content (AvgIpc) is 2.67. The summed E-state index contributed by atoms with van der Waals surface area (Å²) in [6.45, 7) is 2.38. The lowest BCUT2D eigenvalue weighted by Crippen LogP contribution is -2.22. The van der Waals surface area contributed by atoms with Crippen molar-refractivity contribution in [2.24, 2.45) is 0 Å². The summed E-state index contributed by atoms with van der Waals surface area (Å²) < 4.78 is 36.9. The predicted octanol–water partition coefficient (Wildman–Crippen LogP) is 4.00. The fourth-order valence-electron chi connectivity index (χ4n) is 2.39. The van der Waals surface area contributed by atoms with E-state index in [1.807, 2.05) is 13.0 Å². The summed E-state index contributed by atoms with van der Waals surface area (Å²) in [5.41, 5.74) is 1.15. The normalized spacial score (nSPS) is 11.8. The summed E-state index contributed by atoms with van der Waals surface area (Å²) in [6, 6.07) is 9.44. The van der Waals surface area contributed by atoms with Gasteiger partial charge in [-0.25, -0.2) is 12.7 Å². The van der Waals surface area contributed by atoms with Crippen LogP contribution in [0.25, 0.3) is 6.08 Å². The largest absolute Gasteiger partial charge is 0.493 e. The van der Waals surface area contributed by atoms with E-state index < -0.39 is 10.0 Å². The maximum atomic E-state index is 12.4. The van der Waals surface area contributed by atoms with Gasteiger partial charge >= 0.3 is 0 Å². The molecule has 0 bridgehead atoms. The molecule has 6 nitrogen and oxygen atoms in total. The summed E-state index contributed by atoms with van der Waals surface area (Å²) in [5, 5.41) is 0. The van der Waals surface area contributed by atoms with Gasteiger partial charge in [0, 0.05) is 19.7 Å². The maximum Gasteiger partial charge on any atom is 0.242 e. The van der Waals surface area contributed by atoms with Crippen LogP contribution < -0.4 is 9.47 Å². The third kappa shape index (κ3) is 5.01. The summed E-state index contributed by atoms with van der Waals surface area (Å²) in [5.74, 6) is 0.922. The SMILES string of the molecule is CCOc1c(Br)cc(/C=C/C(=O)c2ccc(S(=O)(=O)N(C)C)cc2)cc1OC. The van der Waals surface area contributed by atoms with Crippen LogP contribution in [0.1, 0.15) is 22.8 Å². The van der Waals surface area contributed by atoms with E-state index in [1.54, 1.807) is 19.3 Å². The van der Waals surface area contributed by atoms with Crippen molar-refractivity contribution in [2.45, 2.75) is 11.8 Å². The van der Waals surface area contributed by atoms with Gasteiger partial charge in [0.1, 0.15) is 0 Å². The van der Waals surface area contributed by atoms with Gasteiger partial charge in [0.05, 0.1) is 23.1 Å². The molecule has 0 amide bonds. The minimum atomic E-state index is -3.52. The molecule has 0 aliphatic rings. The molecule has 2 rings (SSSR count). The van der Waals surface area contributed by atoms with Crippen molar-refractivity contribution >= 4 is 37.8 Å². The van der Waals surface area contributed by atoms with E-state index in [0.717, 1.165) is 14.3 Å². The van der Waals surface area contributed by atoms with Crippen LogP contribution >= 0.6 is 15.9 Å². The Morgan fingerprint density at radius 2 is 1.82 bits per heavy atom. The smallest absolute Gasteiger partial charge is 0.242 e. The molecule has 0 radical (unpaired) electrons. The molecule has 28 heavy (non-hydrogen) atoms. The van der Waals surface area contributed by atoms with Crippen LogP contribution in [0.2, 0.25) is 0 Å². The van der Waals surface area contributed by atoms with Crippen LogP contribution in [0.3, 0.4) is 0 Å². The van der Waals surface area contributed by atoms with Crippen LogP contribution in [-0.2, 0) is 10.0 Å². The summed E-state index contributed by atoms with van der Waals surface area (Å²) in [7, 11) is 0.942. The average molecular weight is 468 g/mol.